The van der Waals surface area contributed by atoms with E-state index in [0.717, 1.165) is 25.7 Å². The lowest BCUT2D eigenvalue weighted by atomic mass is 10.1. The second kappa shape index (κ2) is 13.2. The third-order valence-corrected chi connectivity index (χ3v) is 5.11. The minimum Gasteiger partial charge on any atom is -0.480 e. The van der Waals surface area contributed by atoms with Gasteiger partial charge in [0.15, 0.2) is 0 Å². The summed E-state index contributed by atoms with van der Waals surface area (Å²) in [5.41, 5.74) is 3.97. The van der Waals surface area contributed by atoms with Crippen molar-refractivity contribution in [2.45, 2.75) is 59.4 Å². The lowest BCUT2D eigenvalue weighted by molar-refractivity contribution is -0.137. The Morgan fingerprint density at radius 2 is 1.89 bits per heavy atom. The predicted octanol–water partition coefficient (Wildman–Crippen LogP) is 6.20. The number of carboxylic acid groups (broad SMARTS) is 1. The standard InChI is InChI=1S/C22H31FN2O2S/c1-16(2)7-5-8-17(3)9-6-10-18(4)14-28-15-20(22(26)27)25-21-13-19(23)11-12-24-21/h7,9,11-14,20H,5-6,8,10,15H2,1-4H3,(H,24,25)(H,26,27). The van der Waals surface area contributed by atoms with Gasteiger partial charge < -0.3 is 10.4 Å². The smallest absolute Gasteiger partial charge is 0.327 e. The minimum atomic E-state index is -0.987. The van der Waals surface area contributed by atoms with E-state index >= 15 is 0 Å². The average molecular weight is 407 g/mol. The van der Waals surface area contributed by atoms with E-state index in [1.54, 1.807) is 0 Å². The zero-order valence-corrected chi connectivity index (χ0v) is 18.0. The number of thioether (sulfide) groups is 1. The van der Waals surface area contributed by atoms with Gasteiger partial charge in [0.1, 0.15) is 17.7 Å². The number of carbonyl (C=O) groups is 1. The van der Waals surface area contributed by atoms with Crippen molar-refractivity contribution in [3.63, 3.8) is 0 Å². The normalized spacial score (nSPS) is 13.2. The molecule has 1 aromatic heterocycles. The van der Waals surface area contributed by atoms with Crippen LogP contribution in [0.2, 0.25) is 0 Å². The topological polar surface area (TPSA) is 62.2 Å². The van der Waals surface area contributed by atoms with Gasteiger partial charge in [0.05, 0.1) is 0 Å². The number of nitrogens with zero attached hydrogens (tertiary/aromatic N) is 1. The fourth-order valence-electron chi connectivity index (χ4n) is 2.42. The summed E-state index contributed by atoms with van der Waals surface area (Å²) in [4.78, 5) is 15.4. The Balaban J connectivity index is 2.41. The number of carboxylic acids is 1. The van der Waals surface area contributed by atoms with Gasteiger partial charge >= 0.3 is 5.97 Å². The molecule has 0 fully saturated rings. The Morgan fingerprint density at radius 3 is 2.54 bits per heavy atom. The van der Waals surface area contributed by atoms with Crippen LogP contribution in [0.3, 0.4) is 0 Å². The minimum absolute atomic E-state index is 0.224. The second-order valence-corrected chi connectivity index (χ2v) is 8.00. The number of allylic oxidation sites excluding steroid dienone is 5. The first-order valence-corrected chi connectivity index (χ1v) is 10.5. The third kappa shape index (κ3) is 10.9. The maximum Gasteiger partial charge on any atom is 0.327 e. The van der Waals surface area contributed by atoms with Gasteiger partial charge in [-0.25, -0.2) is 14.2 Å². The van der Waals surface area contributed by atoms with E-state index in [1.165, 1.54) is 46.8 Å². The Labute approximate surface area is 172 Å². The van der Waals surface area contributed by atoms with Gasteiger partial charge in [-0.2, -0.15) is 0 Å². The Kier molecular flexibility index (Phi) is 11.3. The number of aromatic nitrogens is 1. The fourth-order valence-corrected chi connectivity index (χ4v) is 3.34. The maximum absolute atomic E-state index is 13.2. The Hall–Kier alpha value is -2.08. The van der Waals surface area contributed by atoms with Gasteiger partial charge in [0.2, 0.25) is 0 Å². The van der Waals surface area contributed by atoms with Crippen molar-refractivity contribution >= 4 is 23.5 Å². The summed E-state index contributed by atoms with van der Waals surface area (Å²) in [5, 5.41) is 14.1. The lowest BCUT2D eigenvalue weighted by Crippen LogP contribution is -2.31. The number of nitrogens with one attached hydrogen (secondary N) is 1. The largest absolute Gasteiger partial charge is 0.480 e. The van der Waals surface area contributed by atoms with Crippen molar-refractivity contribution in [1.82, 2.24) is 4.98 Å². The average Bonchev–Trinajstić information content (AvgIpc) is 2.60. The summed E-state index contributed by atoms with van der Waals surface area (Å²) < 4.78 is 13.2. The van der Waals surface area contributed by atoms with Crippen molar-refractivity contribution in [2.75, 3.05) is 11.1 Å². The molecule has 0 spiro atoms. The van der Waals surface area contributed by atoms with E-state index in [-0.39, 0.29) is 5.82 Å². The van der Waals surface area contributed by atoms with Crippen LogP contribution in [0.25, 0.3) is 0 Å². The van der Waals surface area contributed by atoms with Crippen LogP contribution in [0.4, 0.5) is 10.2 Å². The molecule has 0 radical (unpaired) electrons. The molecule has 2 N–H and O–H groups in total. The third-order valence-electron chi connectivity index (χ3n) is 4.01. The summed E-state index contributed by atoms with van der Waals surface area (Å²) >= 11 is 1.44. The van der Waals surface area contributed by atoms with Crippen LogP contribution in [0, 0.1) is 5.82 Å². The van der Waals surface area contributed by atoms with Crippen LogP contribution >= 0.6 is 11.8 Å². The first-order chi connectivity index (χ1) is 13.3. The molecule has 0 bridgehead atoms. The fraction of sp³-hybridized carbons (Fsp3) is 0.455. The highest BCUT2D eigenvalue weighted by atomic mass is 32.2. The molecule has 1 heterocycles. The van der Waals surface area contributed by atoms with E-state index < -0.39 is 17.8 Å². The van der Waals surface area contributed by atoms with Gasteiger partial charge in [-0.1, -0.05) is 28.9 Å². The van der Waals surface area contributed by atoms with Gasteiger partial charge in [-0.3, -0.25) is 0 Å². The molecule has 0 aromatic carbocycles. The van der Waals surface area contributed by atoms with Gasteiger partial charge in [0, 0.05) is 18.0 Å². The second-order valence-electron chi connectivity index (χ2n) is 7.10. The first kappa shape index (κ1) is 24.0. The molecule has 0 aliphatic heterocycles. The van der Waals surface area contributed by atoms with Crippen LogP contribution in [0.15, 0.2) is 52.6 Å². The molecule has 4 nitrogen and oxygen atoms in total. The van der Waals surface area contributed by atoms with E-state index in [1.807, 2.05) is 5.41 Å². The van der Waals surface area contributed by atoms with Crippen molar-refractivity contribution < 1.29 is 14.3 Å². The summed E-state index contributed by atoms with van der Waals surface area (Å²) in [6.45, 7) is 8.45. The van der Waals surface area contributed by atoms with Gasteiger partial charge in [0.25, 0.3) is 0 Å². The molecular formula is C22H31FN2O2S. The molecule has 154 valence electrons. The monoisotopic (exact) mass is 406 g/mol. The van der Waals surface area contributed by atoms with Crippen LogP contribution < -0.4 is 5.32 Å². The van der Waals surface area contributed by atoms with Gasteiger partial charge in [-0.05, 0) is 64.9 Å². The summed E-state index contributed by atoms with van der Waals surface area (Å²) in [7, 11) is 0. The summed E-state index contributed by atoms with van der Waals surface area (Å²) in [6, 6.07) is 1.58. The van der Waals surface area contributed by atoms with E-state index in [0.29, 0.717) is 5.75 Å². The summed E-state index contributed by atoms with van der Waals surface area (Å²) in [5.74, 6) is -0.876. The van der Waals surface area contributed by atoms with Crippen LogP contribution in [0.1, 0.15) is 53.4 Å². The van der Waals surface area contributed by atoms with Crippen LogP contribution in [0.5, 0.6) is 0 Å². The van der Waals surface area contributed by atoms with E-state index in [9.17, 15) is 14.3 Å². The number of hydrogen-bond acceptors (Lipinski definition) is 4. The molecule has 6 heteroatoms. The molecule has 0 amide bonds. The zero-order chi connectivity index (χ0) is 20.9. The van der Waals surface area contributed by atoms with Gasteiger partial charge in [-0.15, -0.1) is 11.8 Å². The lowest BCUT2D eigenvalue weighted by Gasteiger charge is -2.14. The van der Waals surface area contributed by atoms with E-state index in [4.69, 9.17) is 0 Å². The zero-order valence-electron chi connectivity index (χ0n) is 17.2. The summed E-state index contributed by atoms with van der Waals surface area (Å²) in [6.07, 6.45) is 9.94. The quantitative estimate of drug-likeness (QED) is 0.405. The first-order valence-electron chi connectivity index (χ1n) is 9.45. The number of pyridine rings is 1. The molecular weight excluding hydrogens is 375 g/mol. The Morgan fingerprint density at radius 1 is 1.21 bits per heavy atom. The van der Waals surface area contributed by atoms with Crippen molar-refractivity contribution in [2.24, 2.45) is 0 Å². The Bertz CT molecular complexity index is 725. The van der Waals surface area contributed by atoms with Crippen molar-refractivity contribution in [3.8, 4) is 0 Å². The predicted molar refractivity (Wildman–Crippen MR) is 117 cm³/mol. The SMILES string of the molecule is CC(C)=CCCC(C)=CCCC(C)=CSCC(Nc1cc(F)ccn1)C(=O)O. The molecule has 0 aliphatic rings. The number of rotatable bonds is 12. The van der Waals surface area contributed by atoms with Crippen molar-refractivity contribution in [3.05, 3.63) is 58.4 Å². The molecule has 1 atom stereocenters. The van der Waals surface area contributed by atoms with E-state index in [2.05, 4.69) is 50.1 Å². The van der Waals surface area contributed by atoms with Crippen molar-refractivity contribution in [1.29, 1.82) is 0 Å². The number of halogens is 1. The number of anilines is 1. The maximum atomic E-state index is 13.2. The molecule has 1 unspecified atom stereocenters. The highest BCUT2D eigenvalue weighted by molar-refractivity contribution is 8.02. The number of aliphatic carboxylic acids is 1. The van der Waals surface area contributed by atoms with Crippen LogP contribution in [-0.2, 0) is 4.79 Å². The highest BCUT2D eigenvalue weighted by Gasteiger charge is 2.17. The molecule has 28 heavy (non-hydrogen) atoms. The van der Waals surface area contributed by atoms with Crippen LogP contribution in [-0.4, -0.2) is 27.9 Å². The molecule has 1 aromatic rings. The molecule has 0 saturated carbocycles. The molecule has 0 saturated heterocycles. The number of hydrogen-bond donors (Lipinski definition) is 2. The highest BCUT2D eigenvalue weighted by Crippen LogP contribution is 2.17. The molecule has 0 aliphatic carbocycles. The molecule has 1 rings (SSSR count).